The number of anilines is 2. The molecule has 2 aromatic heterocycles. The Hall–Kier alpha value is -4.09. The maximum atomic E-state index is 15.4. The molecule has 0 radical (unpaired) electrons. The number of nitrogen functional groups attached to an aromatic ring is 1. The molecule has 9 nitrogen and oxygen atoms in total. The number of aryl methyl sites for hydroxylation is 1. The maximum absolute atomic E-state index is 15.4. The molecule has 0 aliphatic carbocycles. The largest absolute Gasteiger partial charge is 0.383 e. The molecule has 202 valence electrons. The minimum absolute atomic E-state index is 0.0896. The van der Waals surface area contributed by atoms with Crippen LogP contribution in [0.3, 0.4) is 0 Å². The molecule has 0 saturated carbocycles. The number of rotatable bonds is 7. The highest BCUT2D eigenvalue weighted by molar-refractivity contribution is 7.93. The fourth-order valence-corrected chi connectivity index (χ4v) is 7.03. The monoisotopic (exact) mass is 548 g/mol. The van der Waals surface area contributed by atoms with Gasteiger partial charge in [0, 0.05) is 42.5 Å². The number of benzene rings is 2. The number of carbonyl (C=O) groups is 1. The Morgan fingerprint density at radius 3 is 2.54 bits per heavy atom. The van der Waals surface area contributed by atoms with Gasteiger partial charge >= 0.3 is 0 Å². The molecule has 1 fully saturated rings. The number of carbonyl (C=O) groups excluding carboxylic acids is 1. The number of aromatic nitrogens is 3. The minimum atomic E-state index is -2.42. The van der Waals surface area contributed by atoms with Gasteiger partial charge in [-0.15, -0.1) is 0 Å². The van der Waals surface area contributed by atoms with Crippen LogP contribution in [0, 0.1) is 5.82 Å². The summed E-state index contributed by atoms with van der Waals surface area (Å²) in [6, 6.07) is 11.9. The number of amides is 1. The average molecular weight is 549 g/mol. The standard InChI is InChI=1S/C28H29FN6O3S/c1-17(15-38-3)28(36)33-20-9-6-18(7-10-20)25-23(24-26(30)31-16-32-27(24)35(25)2)19-8-11-22(21(29)14-19)34-39(37)12-4-5-13-39/h6-11,14,16H,1,4-5,12-13,15H2,2-3H3,(H,33,36)(H2,30,31,32). The number of methoxy groups -OCH3 is 1. The van der Waals surface area contributed by atoms with Crippen molar-refractivity contribution < 1.29 is 18.1 Å². The lowest BCUT2D eigenvalue weighted by molar-refractivity contribution is -0.113. The number of nitrogens with one attached hydrogen (secondary N) is 1. The van der Waals surface area contributed by atoms with Gasteiger partial charge in [-0.1, -0.05) is 24.8 Å². The third-order valence-corrected chi connectivity index (χ3v) is 9.11. The molecule has 0 atom stereocenters. The highest BCUT2D eigenvalue weighted by atomic mass is 32.2. The highest BCUT2D eigenvalue weighted by Gasteiger charge is 2.23. The third-order valence-electron chi connectivity index (χ3n) is 6.73. The van der Waals surface area contributed by atoms with Crippen LogP contribution in [-0.2, 0) is 26.3 Å². The molecular weight excluding hydrogens is 519 g/mol. The van der Waals surface area contributed by atoms with E-state index in [1.165, 1.54) is 19.5 Å². The lowest BCUT2D eigenvalue weighted by Gasteiger charge is -2.12. The van der Waals surface area contributed by atoms with Crippen LogP contribution in [0.25, 0.3) is 33.4 Å². The molecule has 1 saturated heterocycles. The molecule has 0 spiro atoms. The van der Waals surface area contributed by atoms with Gasteiger partial charge in [0.15, 0.2) is 0 Å². The first-order valence-corrected chi connectivity index (χ1v) is 14.3. The average Bonchev–Trinajstić information content (AvgIpc) is 3.47. The first kappa shape index (κ1) is 26.5. The topological polar surface area (TPSA) is 124 Å². The van der Waals surface area contributed by atoms with Gasteiger partial charge in [0.1, 0.15) is 29.3 Å². The lowest BCUT2D eigenvalue weighted by atomic mass is 9.98. The molecule has 3 heterocycles. The number of hydrogen-bond acceptors (Lipinski definition) is 7. The van der Waals surface area contributed by atoms with Crippen molar-refractivity contribution in [1.82, 2.24) is 14.5 Å². The van der Waals surface area contributed by atoms with Gasteiger partial charge in [-0.25, -0.2) is 18.6 Å². The molecule has 5 rings (SSSR count). The number of hydrogen-bond donors (Lipinski definition) is 2. The molecular formula is C28H29FN6O3S. The van der Waals surface area contributed by atoms with E-state index in [2.05, 4.69) is 26.2 Å². The summed E-state index contributed by atoms with van der Waals surface area (Å²) in [6.07, 6.45) is 3.06. The zero-order valence-electron chi connectivity index (χ0n) is 21.7. The van der Waals surface area contributed by atoms with Crippen molar-refractivity contribution in [3.63, 3.8) is 0 Å². The molecule has 1 aliphatic heterocycles. The van der Waals surface area contributed by atoms with Crippen molar-refractivity contribution in [1.29, 1.82) is 0 Å². The second-order valence-corrected chi connectivity index (χ2v) is 12.0. The van der Waals surface area contributed by atoms with E-state index in [1.54, 1.807) is 24.3 Å². The summed E-state index contributed by atoms with van der Waals surface area (Å²) < 4.78 is 39.4. The van der Waals surface area contributed by atoms with E-state index in [0.29, 0.717) is 44.9 Å². The summed E-state index contributed by atoms with van der Waals surface area (Å²) in [6.45, 7) is 3.85. The minimum Gasteiger partial charge on any atom is -0.383 e. The SMILES string of the molecule is C=C(COC)C(=O)Nc1ccc(-c2c(-c3ccc(N=S4(=O)CCCC4)c(F)c3)c3c(N)ncnc3n2C)cc1. The van der Waals surface area contributed by atoms with E-state index in [0.717, 1.165) is 24.1 Å². The number of nitrogens with zero attached hydrogens (tertiary/aromatic N) is 4. The summed E-state index contributed by atoms with van der Waals surface area (Å²) in [4.78, 5) is 20.9. The molecule has 11 heteroatoms. The van der Waals surface area contributed by atoms with Crippen molar-refractivity contribution in [3.8, 4) is 22.4 Å². The predicted molar refractivity (Wildman–Crippen MR) is 153 cm³/mol. The lowest BCUT2D eigenvalue weighted by Crippen LogP contribution is -2.16. The van der Waals surface area contributed by atoms with Crippen LogP contribution in [0.2, 0.25) is 0 Å². The maximum Gasteiger partial charge on any atom is 0.253 e. The van der Waals surface area contributed by atoms with Gasteiger partial charge in [-0.2, -0.15) is 4.36 Å². The Labute approximate surface area is 226 Å². The molecule has 4 aromatic rings. The fourth-order valence-electron chi connectivity index (χ4n) is 4.83. The molecule has 0 unspecified atom stereocenters. The van der Waals surface area contributed by atoms with E-state index in [-0.39, 0.29) is 24.0 Å². The van der Waals surface area contributed by atoms with Crippen molar-refractivity contribution in [2.45, 2.75) is 12.8 Å². The summed E-state index contributed by atoms with van der Waals surface area (Å²) in [5.41, 5.74) is 10.6. The van der Waals surface area contributed by atoms with E-state index >= 15 is 4.39 Å². The van der Waals surface area contributed by atoms with Gasteiger partial charge in [0.05, 0.1) is 27.4 Å². The summed E-state index contributed by atoms with van der Waals surface area (Å²) in [5.74, 6) is 0.354. The van der Waals surface area contributed by atoms with Crippen LogP contribution in [0.1, 0.15) is 12.8 Å². The molecule has 1 aliphatic rings. The normalized spacial score (nSPS) is 14.4. The van der Waals surface area contributed by atoms with Gasteiger partial charge in [-0.3, -0.25) is 4.79 Å². The molecule has 2 aromatic carbocycles. The van der Waals surface area contributed by atoms with Crippen molar-refractivity contribution >= 4 is 43.9 Å². The fraction of sp³-hybridized carbons (Fsp3) is 0.250. The zero-order valence-corrected chi connectivity index (χ0v) is 22.6. The first-order chi connectivity index (χ1) is 18.7. The highest BCUT2D eigenvalue weighted by Crippen LogP contribution is 2.42. The van der Waals surface area contributed by atoms with E-state index < -0.39 is 15.5 Å². The van der Waals surface area contributed by atoms with Crippen LogP contribution in [0.5, 0.6) is 0 Å². The molecule has 1 amide bonds. The van der Waals surface area contributed by atoms with Crippen LogP contribution < -0.4 is 11.1 Å². The Bertz CT molecular complexity index is 1710. The summed E-state index contributed by atoms with van der Waals surface area (Å²) in [7, 11) is 0.929. The van der Waals surface area contributed by atoms with Gasteiger partial charge in [0.2, 0.25) is 0 Å². The first-order valence-electron chi connectivity index (χ1n) is 12.4. The van der Waals surface area contributed by atoms with Crippen LogP contribution in [-0.4, -0.2) is 49.9 Å². The summed E-state index contributed by atoms with van der Waals surface area (Å²) >= 11 is 0. The third kappa shape index (κ3) is 5.15. The number of halogens is 1. The predicted octanol–water partition coefficient (Wildman–Crippen LogP) is 5.06. The van der Waals surface area contributed by atoms with Gasteiger partial charge in [0.25, 0.3) is 5.91 Å². The molecule has 39 heavy (non-hydrogen) atoms. The summed E-state index contributed by atoms with van der Waals surface area (Å²) in [5, 5.41) is 3.39. The number of ether oxygens (including phenoxy) is 1. The Morgan fingerprint density at radius 2 is 1.87 bits per heavy atom. The van der Waals surface area contributed by atoms with E-state index in [4.69, 9.17) is 10.5 Å². The molecule has 3 N–H and O–H groups in total. The quantitative estimate of drug-likeness (QED) is 0.311. The van der Waals surface area contributed by atoms with Gasteiger partial charge < -0.3 is 20.4 Å². The Kier molecular flexibility index (Phi) is 7.19. The van der Waals surface area contributed by atoms with Crippen molar-refractivity contribution in [2.75, 3.05) is 36.3 Å². The second-order valence-electron chi connectivity index (χ2n) is 9.45. The van der Waals surface area contributed by atoms with Crippen LogP contribution in [0.15, 0.2) is 65.3 Å². The second kappa shape index (κ2) is 10.6. The van der Waals surface area contributed by atoms with Crippen LogP contribution in [0.4, 0.5) is 21.6 Å². The van der Waals surface area contributed by atoms with E-state index in [1.807, 2.05) is 23.7 Å². The number of fused-ring (bicyclic) bond motifs is 1. The van der Waals surface area contributed by atoms with E-state index in [9.17, 15) is 9.00 Å². The van der Waals surface area contributed by atoms with Gasteiger partial charge in [-0.05, 0) is 48.2 Å². The van der Waals surface area contributed by atoms with Crippen molar-refractivity contribution in [3.05, 3.63) is 66.8 Å². The Balaban J connectivity index is 1.60. The molecule has 0 bridgehead atoms. The smallest absolute Gasteiger partial charge is 0.253 e. The van der Waals surface area contributed by atoms with Crippen LogP contribution >= 0.6 is 0 Å². The van der Waals surface area contributed by atoms with Crippen molar-refractivity contribution in [2.24, 2.45) is 11.4 Å². The zero-order chi connectivity index (χ0) is 27.7. The number of nitrogens with two attached hydrogens (primary N) is 1. The Morgan fingerprint density at radius 1 is 1.18 bits per heavy atom.